The van der Waals surface area contributed by atoms with Crippen molar-refractivity contribution in [1.82, 2.24) is 0 Å². The zero-order chi connectivity index (χ0) is 17.2. The normalized spacial score (nSPS) is 10.5. The van der Waals surface area contributed by atoms with Gasteiger partial charge in [0.25, 0.3) is 0 Å². The van der Waals surface area contributed by atoms with Gasteiger partial charge in [-0.3, -0.25) is 0 Å². The number of unbranched alkanes of at least 4 members (excludes halogenated alkanes) is 1. The van der Waals surface area contributed by atoms with Crippen LogP contribution in [0.2, 0.25) is 0 Å². The molecule has 2 rings (SSSR count). The van der Waals surface area contributed by atoms with Crippen LogP contribution in [0.4, 0.5) is 0 Å². The first kappa shape index (κ1) is 17.5. The highest BCUT2D eigenvalue weighted by atomic mass is 16.5. The molecular formula is C20H20O4. The second-order valence-electron chi connectivity index (χ2n) is 5.14. The predicted molar refractivity (Wildman–Crippen MR) is 92.5 cm³/mol. The summed E-state index contributed by atoms with van der Waals surface area (Å²) in [6.45, 7) is 2.36. The smallest absolute Gasteiger partial charge is 0.336 e. The van der Waals surface area contributed by atoms with Gasteiger partial charge in [0, 0.05) is 17.7 Å². The Morgan fingerprint density at radius 2 is 1.58 bits per heavy atom. The topological polar surface area (TPSA) is 52.6 Å². The maximum absolute atomic E-state index is 11.9. The number of hydrogen-bond acceptors (Lipinski definition) is 4. The first-order valence-electron chi connectivity index (χ1n) is 7.92. The number of rotatable bonds is 7. The van der Waals surface area contributed by atoms with Crippen LogP contribution in [-0.2, 0) is 14.3 Å². The van der Waals surface area contributed by atoms with Crippen molar-refractivity contribution in [3.05, 3.63) is 66.7 Å². The van der Waals surface area contributed by atoms with Crippen molar-refractivity contribution in [2.45, 2.75) is 19.8 Å². The van der Waals surface area contributed by atoms with Gasteiger partial charge in [-0.15, -0.1) is 0 Å². The van der Waals surface area contributed by atoms with Gasteiger partial charge in [0.15, 0.2) is 0 Å². The molecule has 0 aromatic heterocycles. The monoisotopic (exact) mass is 324 g/mol. The fourth-order valence-corrected chi connectivity index (χ4v) is 2.06. The summed E-state index contributed by atoms with van der Waals surface area (Å²) in [5.41, 5.74) is 1.76. The summed E-state index contributed by atoms with van der Waals surface area (Å²) in [4.78, 5) is 23.4. The van der Waals surface area contributed by atoms with E-state index in [1.54, 1.807) is 12.1 Å². The average molecular weight is 324 g/mol. The second kappa shape index (κ2) is 9.30. The van der Waals surface area contributed by atoms with Gasteiger partial charge in [0.1, 0.15) is 5.75 Å². The highest BCUT2D eigenvalue weighted by Gasteiger charge is 2.09. The van der Waals surface area contributed by atoms with Gasteiger partial charge in [0.2, 0.25) is 0 Å². The Morgan fingerprint density at radius 3 is 2.33 bits per heavy atom. The number of esters is 2. The Morgan fingerprint density at radius 1 is 0.917 bits per heavy atom. The molecule has 0 radical (unpaired) electrons. The van der Waals surface area contributed by atoms with E-state index in [9.17, 15) is 9.59 Å². The van der Waals surface area contributed by atoms with Crippen LogP contribution in [0.25, 0.3) is 11.1 Å². The fourth-order valence-electron chi connectivity index (χ4n) is 2.06. The van der Waals surface area contributed by atoms with Gasteiger partial charge in [-0.05, 0) is 18.1 Å². The van der Waals surface area contributed by atoms with Gasteiger partial charge >= 0.3 is 11.9 Å². The lowest BCUT2D eigenvalue weighted by atomic mass is 10.1. The molecule has 24 heavy (non-hydrogen) atoms. The van der Waals surface area contributed by atoms with Crippen LogP contribution in [0.1, 0.15) is 19.8 Å². The lowest BCUT2D eigenvalue weighted by Gasteiger charge is -2.08. The second-order valence-corrected chi connectivity index (χ2v) is 5.14. The van der Waals surface area contributed by atoms with Crippen LogP contribution in [-0.4, -0.2) is 18.5 Å². The third kappa shape index (κ3) is 5.39. The van der Waals surface area contributed by atoms with Crippen molar-refractivity contribution in [2.24, 2.45) is 0 Å². The summed E-state index contributed by atoms with van der Waals surface area (Å²) in [7, 11) is 0. The molecule has 0 aliphatic carbocycles. The molecule has 0 fully saturated rings. The molecule has 0 aliphatic heterocycles. The number of carbonyl (C=O) groups excluding carboxylic acids is 2. The van der Waals surface area contributed by atoms with E-state index in [1.807, 2.05) is 49.4 Å². The largest absolute Gasteiger partial charge is 0.463 e. The lowest BCUT2D eigenvalue weighted by molar-refractivity contribution is -0.138. The minimum absolute atomic E-state index is 0.353. The summed E-state index contributed by atoms with van der Waals surface area (Å²) in [6, 6.07) is 16.9. The van der Waals surface area contributed by atoms with Crippen molar-refractivity contribution >= 4 is 11.9 Å². The molecule has 2 aromatic carbocycles. The Bertz CT molecular complexity index is 705. The predicted octanol–water partition coefficient (Wildman–Crippen LogP) is 4.16. The minimum atomic E-state index is -0.620. The SMILES string of the molecule is CCCCOC(=O)/C=C/C(=O)Oc1ccccc1-c1ccccc1. The molecule has 0 aliphatic rings. The average Bonchev–Trinajstić information content (AvgIpc) is 2.61. The molecule has 0 saturated heterocycles. The first-order chi connectivity index (χ1) is 11.7. The molecule has 0 saturated carbocycles. The summed E-state index contributed by atoms with van der Waals surface area (Å²) >= 11 is 0. The maximum atomic E-state index is 11.9. The minimum Gasteiger partial charge on any atom is -0.463 e. The van der Waals surface area contributed by atoms with Crippen molar-refractivity contribution in [2.75, 3.05) is 6.61 Å². The molecule has 0 bridgehead atoms. The van der Waals surface area contributed by atoms with Gasteiger partial charge in [-0.2, -0.15) is 0 Å². The highest BCUT2D eigenvalue weighted by Crippen LogP contribution is 2.29. The molecule has 0 spiro atoms. The third-order valence-electron chi connectivity index (χ3n) is 3.28. The van der Waals surface area contributed by atoms with Crippen LogP contribution < -0.4 is 4.74 Å². The van der Waals surface area contributed by atoms with E-state index in [1.165, 1.54) is 0 Å². The van der Waals surface area contributed by atoms with Crippen LogP contribution in [0, 0.1) is 0 Å². The molecular weight excluding hydrogens is 304 g/mol. The van der Waals surface area contributed by atoms with Crippen molar-refractivity contribution < 1.29 is 19.1 Å². The molecule has 124 valence electrons. The molecule has 0 N–H and O–H groups in total. The van der Waals surface area contributed by atoms with Gasteiger partial charge in [-0.25, -0.2) is 9.59 Å². The van der Waals surface area contributed by atoms with Crippen molar-refractivity contribution in [3.63, 3.8) is 0 Å². The van der Waals surface area contributed by atoms with E-state index >= 15 is 0 Å². The quantitative estimate of drug-likeness (QED) is 0.332. The van der Waals surface area contributed by atoms with E-state index in [0.717, 1.165) is 36.1 Å². The maximum Gasteiger partial charge on any atom is 0.336 e. The fraction of sp³-hybridized carbons (Fsp3) is 0.200. The standard InChI is InChI=1S/C20H20O4/c1-2-3-15-23-19(21)13-14-20(22)24-18-12-8-7-11-17(18)16-9-5-4-6-10-16/h4-14H,2-3,15H2,1H3/b14-13+. The summed E-state index contributed by atoms with van der Waals surface area (Å²) < 4.78 is 10.3. The number of ether oxygens (including phenoxy) is 2. The van der Waals surface area contributed by atoms with Crippen molar-refractivity contribution in [3.8, 4) is 16.9 Å². The molecule has 4 nitrogen and oxygen atoms in total. The number of carbonyl (C=O) groups is 2. The van der Waals surface area contributed by atoms with Gasteiger partial charge < -0.3 is 9.47 Å². The van der Waals surface area contributed by atoms with E-state index in [4.69, 9.17) is 9.47 Å². The third-order valence-corrected chi connectivity index (χ3v) is 3.28. The molecule has 0 amide bonds. The van der Waals surface area contributed by atoms with Crippen LogP contribution in [0.5, 0.6) is 5.75 Å². The summed E-state index contributed by atoms with van der Waals surface area (Å²) in [5, 5.41) is 0. The van der Waals surface area contributed by atoms with E-state index in [0.29, 0.717) is 12.4 Å². The number of para-hydroxylation sites is 1. The molecule has 4 heteroatoms. The summed E-state index contributed by atoms with van der Waals surface area (Å²) in [6.07, 6.45) is 3.91. The zero-order valence-corrected chi connectivity index (χ0v) is 13.6. The Balaban J connectivity index is 2.01. The van der Waals surface area contributed by atoms with Crippen LogP contribution >= 0.6 is 0 Å². The van der Waals surface area contributed by atoms with E-state index in [-0.39, 0.29) is 0 Å². The van der Waals surface area contributed by atoms with Crippen LogP contribution in [0.3, 0.4) is 0 Å². The first-order valence-corrected chi connectivity index (χ1v) is 7.92. The molecule has 0 atom stereocenters. The van der Waals surface area contributed by atoms with Crippen LogP contribution in [0.15, 0.2) is 66.7 Å². The van der Waals surface area contributed by atoms with Gasteiger partial charge in [0.05, 0.1) is 6.61 Å². The number of hydrogen-bond donors (Lipinski definition) is 0. The van der Waals surface area contributed by atoms with E-state index < -0.39 is 11.9 Å². The van der Waals surface area contributed by atoms with Crippen molar-refractivity contribution in [1.29, 1.82) is 0 Å². The molecule has 0 unspecified atom stereocenters. The highest BCUT2D eigenvalue weighted by molar-refractivity contribution is 5.93. The Labute approximate surface area is 141 Å². The number of benzene rings is 2. The Kier molecular flexibility index (Phi) is 6.77. The Hall–Kier alpha value is -2.88. The molecule has 0 heterocycles. The lowest BCUT2D eigenvalue weighted by Crippen LogP contribution is -2.07. The zero-order valence-electron chi connectivity index (χ0n) is 13.6. The molecule has 2 aromatic rings. The van der Waals surface area contributed by atoms with E-state index in [2.05, 4.69) is 0 Å². The summed E-state index contributed by atoms with van der Waals surface area (Å²) in [5.74, 6) is -0.722. The van der Waals surface area contributed by atoms with Gasteiger partial charge in [-0.1, -0.05) is 61.9 Å².